The van der Waals surface area contributed by atoms with Gasteiger partial charge in [-0.2, -0.15) is 0 Å². The van der Waals surface area contributed by atoms with Crippen LogP contribution in [0.3, 0.4) is 0 Å². The third-order valence-electron chi connectivity index (χ3n) is 4.72. The van der Waals surface area contributed by atoms with E-state index in [4.69, 9.17) is 0 Å². The zero-order valence-electron chi connectivity index (χ0n) is 14.1. The van der Waals surface area contributed by atoms with Gasteiger partial charge in [0.1, 0.15) is 0 Å². The molecule has 25 heavy (non-hydrogen) atoms. The van der Waals surface area contributed by atoms with Crippen molar-refractivity contribution in [1.29, 1.82) is 0 Å². The van der Waals surface area contributed by atoms with Crippen LogP contribution in [0, 0.1) is 0 Å². The lowest BCUT2D eigenvalue weighted by Crippen LogP contribution is -2.29. The Kier molecular flexibility index (Phi) is 4.34. The quantitative estimate of drug-likeness (QED) is 0.770. The van der Waals surface area contributed by atoms with E-state index in [0.717, 1.165) is 29.7 Å². The molecule has 1 aliphatic rings. The van der Waals surface area contributed by atoms with Gasteiger partial charge in [-0.3, -0.25) is 9.78 Å². The van der Waals surface area contributed by atoms with E-state index < -0.39 is 0 Å². The third kappa shape index (κ3) is 3.33. The van der Waals surface area contributed by atoms with Crippen LogP contribution in [0.5, 0.6) is 0 Å². The SMILES string of the molecule is O=C(Nc1ccc(N2CCCCC2)cc1)c1cccc2cccnc12. The number of fused-ring (bicyclic) bond motifs is 1. The largest absolute Gasteiger partial charge is 0.372 e. The number of para-hydroxylation sites is 1. The molecular formula is C21H21N3O. The number of nitrogens with one attached hydrogen (secondary N) is 1. The maximum absolute atomic E-state index is 12.7. The molecule has 1 fully saturated rings. The van der Waals surface area contributed by atoms with Gasteiger partial charge >= 0.3 is 0 Å². The van der Waals surface area contributed by atoms with Crippen molar-refractivity contribution in [2.24, 2.45) is 0 Å². The zero-order valence-corrected chi connectivity index (χ0v) is 14.1. The summed E-state index contributed by atoms with van der Waals surface area (Å²) in [7, 11) is 0. The molecule has 4 nitrogen and oxygen atoms in total. The van der Waals surface area contributed by atoms with Gasteiger partial charge in [-0.15, -0.1) is 0 Å². The molecule has 0 bridgehead atoms. The zero-order chi connectivity index (χ0) is 17.1. The van der Waals surface area contributed by atoms with Gasteiger partial charge in [-0.05, 0) is 55.7 Å². The van der Waals surface area contributed by atoms with Crippen LogP contribution in [0.15, 0.2) is 60.8 Å². The number of carbonyl (C=O) groups is 1. The van der Waals surface area contributed by atoms with Crippen molar-refractivity contribution in [3.63, 3.8) is 0 Å². The molecule has 1 N–H and O–H groups in total. The molecule has 1 saturated heterocycles. The number of carbonyl (C=O) groups excluding carboxylic acids is 1. The second-order valence-corrected chi connectivity index (χ2v) is 6.43. The van der Waals surface area contributed by atoms with E-state index in [1.807, 2.05) is 42.5 Å². The summed E-state index contributed by atoms with van der Waals surface area (Å²) in [4.78, 5) is 19.4. The van der Waals surface area contributed by atoms with Gasteiger partial charge in [0.15, 0.2) is 0 Å². The van der Waals surface area contributed by atoms with Gasteiger partial charge in [0, 0.05) is 36.0 Å². The highest BCUT2D eigenvalue weighted by atomic mass is 16.1. The number of hydrogen-bond donors (Lipinski definition) is 1. The van der Waals surface area contributed by atoms with Crippen molar-refractivity contribution < 1.29 is 4.79 Å². The Morgan fingerprint density at radius 3 is 2.48 bits per heavy atom. The number of aromatic nitrogens is 1. The standard InChI is InChI=1S/C21H21N3O/c25-21(19-8-4-6-16-7-5-13-22-20(16)19)23-17-9-11-18(12-10-17)24-14-2-1-3-15-24/h4-13H,1-3,14-15H2,(H,23,25). The summed E-state index contributed by atoms with van der Waals surface area (Å²) in [6, 6.07) is 17.6. The molecule has 1 aliphatic heterocycles. The van der Waals surface area contributed by atoms with Gasteiger partial charge < -0.3 is 10.2 Å². The molecular weight excluding hydrogens is 310 g/mol. The Labute approximate surface area is 147 Å². The van der Waals surface area contributed by atoms with Gasteiger partial charge in [-0.1, -0.05) is 18.2 Å². The van der Waals surface area contributed by atoms with Crippen molar-refractivity contribution >= 4 is 28.2 Å². The van der Waals surface area contributed by atoms with E-state index in [0.29, 0.717) is 5.56 Å². The Morgan fingerprint density at radius 1 is 0.920 bits per heavy atom. The van der Waals surface area contributed by atoms with Gasteiger partial charge in [0.05, 0.1) is 11.1 Å². The van der Waals surface area contributed by atoms with Crippen molar-refractivity contribution in [3.8, 4) is 0 Å². The molecule has 0 unspecified atom stereocenters. The average molecular weight is 331 g/mol. The molecule has 1 amide bonds. The molecule has 0 aliphatic carbocycles. The van der Waals surface area contributed by atoms with Crippen LogP contribution >= 0.6 is 0 Å². The average Bonchev–Trinajstić information content (AvgIpc) is 2.69. The number of piperidine rings is 1. The molecule has 1 aromatic heterocycles. The van der Waals surface area contributed by atoms with E-state index in [-0.39, 0.29) is 5.91 Å². The number of pyridine rings is 1. The highest BCUT2D eigenvalue weighted by molar-refractivity contribution is 6.11. The van der Waals surface area contributed by atoms with E-state index in [1.165, 1.54) is 24.9 Å². The topological polar surface area (TPSA) is 45.2 Å². The lowest BCUT2D eigenvalue weighted by Gasteiger charge is -2.28. The van der Waals surface area contributed by atoms with Gasteiger partial charge in [0.2, 0.25) is 0 Å². The maximum Gasteiger partial charge on any atom is 0.257 e. The summed E-state index contributed by atoms with van der Waals surface area (Å²) in [6.45, 7) is 2.24. The lowest BCUT2D eigenvalue weighted by molar-refractivity contribution is 0.102. The second-order valence-electron chi connectivity index (χ2n) is 6.43. The first-order valence-electron chi connectivity index (χ1n) is 8.81. The smallest absolute Gasteiger partial charge is 0.257 e. The Balaban J connectivity index is 1.52. The highest BCUT2D eigenvalue weighted by Crippen LogP contribution is 2.23. The summed E-state index contributed by atoms with van der Waals surface area (Å²) in [5.74, 6) is -0.130. The lowest BCUT2D eigenvalue weighted by atomic mass is 10.1. The van der Waals surface area contributed by atoms with Crippen molar-refractivity contribution in [2.75, 3.05) is 23.3 Å². The first-order chi connectivity index (χ1) is 12.3. The van der Waals surface area contributed by atoms with E-state index in [9.17, 15) is 4.79 Å². The number of amides is 1. The molecule has 0 atom stereocenters. The first-order valence-corrected chi connectivity index (χ1v) is 8.81. The Bertz CT molecular complexity index is 878. The van der Waals surface area contributed by atoms with Crippen LogP contribution < -0.4 is 10.2 Å². The summed E-state index contributed by atoms with van der Waals surface area (Å²) >= 11 is 0. The summed E-state index contributed by atoms with van der Waals surface area (Å²) in [5.41, 5.74) is 3.36. The number of nitrogens with zero attached hydrogens (tertiary/aromatic N) is 2. The number of anilines is 2. The summed E-state index contributed by atoms with van der Waals surface area (Å²) in [5, 5.41) is 3.95. The van der Waals surface area contributed by atoms with Crippen LogP contribution in [0.2, 0.25) is 0 Å². The Hall–Kier alpha value is -2.88. The van der Waals surface area contributed by atoms with Crippen molar-refractivity contribution in [1.82, 2.24) is 4.98 Å². The molecule has 2 aromatic carbocycles. The third-order valence-corrected chi connectivity index (χ3v) is 4.72. The number of hydrogen-bond acceptors (Lipinski definition) is 3. The minimum Gasteiger partial charge on any atom is -0.372 e. The fourth-order valence-corrected chi connectivity index (χ4v) is 3.39. The monoisotopic (exact) mass is 331 g/mol. The van der Waals surface area contributed by atoms with Crippen molar-refractivity contribution in [2.45, 2.75) is 19.3 Å². The number of benzene rings is 2. The minimum absolute atomic E-state index is 0.130. The molecule has 4 heteroatoms. The van der Waals surface area contributed by atoms with E-state index >= 15 is 0 Å². The predicted molar refractivity (Wildman–Crippen MR) is 102 cm³/mol. The normalized spacial score (nSPS) is 14.5. The maximum atomic E-state index is 12.7. The second kappa shape index (κ2) is 6.93. The van der Waals surface area contributed by atoms with Gasteiger partial charge in [-0.25, -0.2) is 0 Å². The van der Waals surface area contributed by atoms with E-state index in [2.05, 4.69) is 27.3 Å². The van der Waals surface area contributed by atoms with Crippen LogP contribution in [0.4, 0.5) is 11.4 Å². The highest BCUT2D eigenvalue weighted by Gasteiger charge is 2.13. The van der Waals surface area contributed by atoms with E-state index in [1.54, 1.807) is 6.20 Å². The number of rotatable bonds is 3. The predicted octanol–water partition coefficient (Wildman–Crippen LogP) is 4.48. The molecule has 0 radical (unpaired) electrons. The van der Waals surface area contributed by atoms with Crippen LogP contribution in [0.1, 0.15) is 29.6 Å². The fourth-order valence-electron chi connectivity index (χ4n) is 3.39. The molecule has 4 rings (SSSR count). The molecule has 0 spiro atoms. The summed E-state index contributed by atoms with van der Waals surface area (Å²) in [6.07, 6.45) is 5.55. The van der Waals surface area contributed by atoms with Crippen LogP contribution in [-0.2, 0) is 0 Å². The van der Waals surface area contributed by atoms with Crippen LogP contribution in [-0.4, -0.2) is 24.0 Å². The minimum atomic E-state index is -0.130. The van der Waals surface area contributed by atoms with Crippen molar-refractivity contribution in [3.05, 3.63) is 66.4 Å². The molecule has 2 heterocycles. The molecule has 126 valence electrons. The molecule has 0 saturated carbocycles. The Morgan fingerprint density at radius 2 is 1.68 bits per heavy atom. The molecule has 3 aromatic rings. The first kappa shape index (κ1) is 15.6. The van der Waals surface area contributed by atoms with Gasteiger partial charge in [0.25, 0.3) is 5.91 Å². The van der Waals surface area contributed by atoms with Crippen LogP contribution in [0.25, 0.3) is 10.9 Å². The fraction of sp³-hybridized carbons (Fsp3) is 0.238. The summed E-state index contributed by atoms with van der Waals surface area (Å²) < 4.78 is 0.